The van der Waals surface area contributed by atoms with Crippen LogP contribution in [0.1, 0.15) is 28.0 Å². The molecule has 1 aliphatic rings. The molecule has 7 N–H and O–H groups in total. The van der Waals surface area contributed by atoms with Crippen LogP contribution in [-0.2, 0) is 17.8 Å². The summed E-state index contributed by atoms with van der Waals surface area (Å²) in [6.45, 7) is 5.54. The van der Waals surface area contributed by atoms with E-state index >= 15 is 0 Å². The van der Waals surface area contributed by atoms with Gasteiger partial charge in [0.15, 0.2) is 11.1 Å². The van der Waals surface area contributed by atoms with E-state index in [0.29, 0.717) is 44.1 Å². The second-order valence-electron chi connectivity index (χ2n) is 10.9. The third-order valence-electron chi connectivity index (χ3n) is 7.61. The normalized spacial score (nSPS) is 13.2. The summed E-state index contributed by atoms with van der Waals surface area (Å²) in [4.78, 5) is 40.1. The highest BCUT2D eigenvalue weighted by molar-refractivity contribution is 7.13. The minimum absolute atomic E-state index is 0.0213. The topological polar surface area (TPSA) is 179 Å². The van der Waals surface area contributed by atoms with Crippen LogP contribution in [0.3, 0.4) is 0 Å². The van der Waals surface area contributed by atoms with Crippen LogP contribution in [0.15, 0.2) is 71.0 Å². The van der Waals surface area contributed by atoms with Gasteiger partial charge in [0, 0.05) is 54.4 Å². The van der Waals surface area contributed by atoms with Crippen molar-refractivity contribution in [3.63, 3.8) is 0 Å². The molecule has 0 atom stereocenters. The molecule has 6 rings (SSSR count). The molecule has 46 heavy (non-hydrogen) atoms. The van der Waals surface area contributed by atoms with Gasteiger partial charge >= 0.3 is 5.69 Å². The summed E-state index contributed by atoms with van der Waals surface area (Å²) in [5, 5.41) is 20.0. The van der Waals surface area contributed by atoms with E-state index in [1.54, 1.807) is 29.7 Å². The molecular formula is C32H36N10O3S. The highest BCUT2D eigenvalue weighted by Crippen LogP contribution is 2.24. The van der Waals surface area contributed by atoms with Crippen molar-refractivity contribution in [2.24, 2.45) is 5.73 Å². The van der Waals surface area contributed by atoms with Gasteiger partial charge in [-0.1, -0.05) is 24.3 Å². The van der Waals surface area contributed by atoms with E-state index in [1.807, 2.05) is 47.8 Å². The van der Waals surface area contributed by atoms with E-state index in [0.717, 1.165) is 64.8 Å². The van der Waals surface area contributed by atoms with E-state index in [2.05, 4.69) is 35.8 Å². The third kappa shape index (κ3) is 7.59. The number of fused-ring (bicyclic) bond motifs is 1. The number of nitrogens with zero attached hydrogens (tertiary/aromatic N) is 4. The van der Waals surface area contributed by atoms with Gasteiger partial charge in [0.05, 0.1) is 31.1 Å². The number of rotatable bonds is 12. The molecule has 0 radical (unpaired) electrons. The van der Waals surface area contributed by atoms with Crippen LogP contribution in [0, 0.1) is 5.41 Å². The maximum Gasteiger partial charge on any atom is 0.354 e. The Bertz CT molecular complexity index is 1860. The largest absolute Gasteiger partial charge is 0.378 e. The van der Waals surface area contributed by atoms with Crippen LogP contribution >= 0.6 is 11.3 Å². The number of carbonyl (C=O) groups is 1. The van der Waals surface area contributed by atoms with E-state index < -0.39 is 0 Å². The van der Waals surface area contributed by atoms with Crippen LogP contribution < -0.4 is 32.3 Å². The van der Waals surface area contributed by atoms with Gasteiger partial charge in [0.2, 0.25) is 0 Å². The predicted octanol–water partition coefficient (Wildman–Crippen LogP) is 2.57. The van der Waals surface area contributed by atoms with Crippen molar-refractivity contribution in [3.05, 3.63) is 93.5 Å². The van der Waals surface area contributed by atoms with Crippen LogP contribution in [0.4, 0.5) is 5.13 Å². The number of nitrogens with two attached hydrogens (primary N) is 1. The Labute approximate surface area is 269 Å². The average Bonchev–Trinajstić information content (AvgIpc) is 3.73. The summed E-state index contributed by atoms with van der Waals surface area (Å²) >= 11 is 1.58. The summed E-state index contributed by atoms with van der Waals surface area (Å²) < 4.78 is 6.94. The number of H-pyrrole nitrogens is 1. The SMILES string of the molecule is N=C(N)NCCCNCc1ccc(-n2cc3cc(-c4ccc(C(=O)NCc5csc(N6CCOCC6)n5)cc4)[nH]c3nc2=O)cc1. The number of anilines is 1. The van der Waals surface area contributed by atoms with Crippen LogP contribution in [0.25, 0.3) is 28.0 Å². The first-order valence-corrected chi connectivity index (χ1v) is 16.0. The minimum atomic E-state index is -0.381. The van der Waals surface area contributed by atoms with Crippen molar-refractivity contribution >= 4 is 39.4 Å². The summed E-state index contributed by atoms with van der Waals surface area (Å²) in [6.07, 6.45) is 2.63. The average molecular weight is 641 g/mol. The van der Waals surface area contributed by atoms with Crippen molar-refractivity contribution in [2.75, 3.05) is 44.3 Å². The number of nitrogens with one attached hydrogen (secondary N) is 5. The van der Waals surface area contributed by atoms with Crippen LogP contribution in [-0.4, -0.2) is 70.8 Å². The van der Waals surface area contributed by atoms with Crippen molar-refractivity contribution in [1.82, 2.24) is 35.5 Å². The van der Waals surface area contributed by atoms with Crippen molar-refractivity contribution in [1.29, 1.82) is 5.41 Å². The Morgan fingerprint density at radius 2 is 1.80 bits per heavy atom. The van der Waals surface area contributed by atoms with Gasteiger partial charge in [-0.05, 0) is 54.4 Å². The first kappa shape index (κ1) is 31.0. The molecule has 0 unspecified atom stereocenters. The predicted molar refractivity (Wildman–Crippen MR) is 180 cm³/mol. The molecule has 0 aliphatic carbocycles. The van der Waals surface area contributed by atoms with E-state index in [4.69, 9.17) is 15.9 Å². The first-order chi connectivity index (χ1) is 22.4. The van der Waals surface area contributed by atoms with Gasteiger partial charge in [-0.2, -0.15) is 4.98 Å². The molecule has 4 heterocycles. The molecule has 0 bridgehead atoms. The van der Waals surface area contributed by atoms with Crippen LogP contribution in [0.2, 0.25) is 0 Å². The second-order valence-corrected chi connectivity index (χ2v) is 11.7. The van der Waals surface area contributed by atoms with Gasteiger partial charge in [0.1, 0.15) is 5.65 Å². The van der Waals surface area contributed by atoms with Gasteiger partial charge in [-0.3, -0.25) is 14.8 Å². The number of hydrogen-bond acceptors (Lipinski definition) is 9. The fourth-order valence-electron chi connectivity index (χ4n) is 5.13. The lowest BCUT2D eigenvalue weighted by atomic mass is 10.1. The van der Waals surface area contributed by atoms with E-state index in [1.165, 1.54) is 4.57 Å². The maximum absolute atomic E-state index is 12.9. The Kier molecular flexibility index (Phi) is 9.67. The lowest BCUT2D eigenvalue weighted by Gasteiger charge is -2.26. The van der Waals surface area contributed by atoms with Gasteiger partial charge in [-0.15, -0.1) is 11.3 Å². The molecule has 238 valence electrons. The molecule has 1 saturated heterocycles. The molecule has 1 amide bonds. The number of morpholine rings is 1. The second kappa shape index (κ2) is 14.4. The Morgan fingerprint density at radius 3 is 2.57 bits per heavy atom. The number of guanidine groups is 1. The zero-order valence-corrected chi connectivity index (χ0v) is 26.0. The van der Waals surface area contributed by atoms with Crippen molar-refractivity contribution < 1.29 is 9.53 Å². The number of carbonyl (C=O) groups excluding carboxylic acids is 1. The fourth-order valence-corrected chi connectivity index (χ4v) is 6.01. The lowest BCUT2D eigenvalue weighted by Crippen LogP contribution is -2.36. The van der Waals surface area contributed by atoms with Crippen molar-refractivity contribution in [2.45, 2.75) is 19.5 Å². The Hall–Kier alpha value is -5.05. The standard InChI is InChI=1S/C32H36N10O3S/c33-30(34)36-11-1-10-35-17-21-2-8-26(9-3-21)42-19-24-16-27(39-28(24)40-31(42)44)22-4-6-23(7-5-22)29(43)37-18-25-20-46-32(38-25)41-12-14-45-15-13-41/h2-9,16,19-20,35H,1,10-15,17-18H2,(H,37,43)(H4,33,34,36)(H,39,40,44). The number of ether oxygens (including phenoxy) is 1. The maximum atomic E-state index is 12.9. The molecule has 14 heteroatoms. The molecule has 13 nitrogen and oxygen atoms in total. The molecule has 3 aromatic heterocycles. The Balaban J connectivity index is 1.06. The molecule has 2 aromatic carbocycles. The molecule has 5 aromatic rings. The lowest BCUT2D eigenvalue weighted by molar-refractivity contribution is 0.0950. The molecule has 0 saturated carbocycles. The Morgan fingerprint density at radius 1 is 1.02 bits per heavy atom. The van der Waals surface area contributed by atoms with Gasteiger partial charge in [-0.25, -0.2) is 9.78 Å². The minimum Gasteiger partial charge on any atom is -0.378 e. The molecule has 1 fully saturated rings. The number of aromatic amines is 1. The fraction of sp³-hybridized carbons (Fsp3) is 0.281. The highest BCUT2D eigenvalue weighted by atomic mass is 32.1. The molecule has 1 aliphatic heterocycles. The zero-order valence-electron chi connectivity index (χ0n) is 25.2. The third-order valence-corrected chi connectivity index (χ3v) is 8.56. The van der Waals surface area contributed by atoms with Crippen molar-refractivity contribution in [3.8, 4) is 16.9 Å². The molecular weight excluding hydrogens is 604 g/mol. The zero-order chi connectivity index (χ0) is 31.9. The summed E-state index contributed by atoms with van der Waals surface area (Å²) in [6, 6.07) is 17.0. The van der Waals surface area contributed by atoms with E-state index in [-0.39, 0.29) is 17.6 Å². The summed E-state index contributed by atoms with van der Waals surface area (Å²) in [7, 11) is 0. The number of aromatic nitrogens is 4. The number of amides is 1. The van der Waals surface area contributed by atoms with Crippen LogP contribution in [0.5, 0.6) is 0 Å². The quantitative estimate of drug-likeness (QED) is 0.0679. The number of hydrogen-bond donors (Lipinski definition) is 6. The smallest absolute Gasteiger partial charge is 0.354 e. The number of benzene rings is 2. The highest BCUT2D eigenvalue weighted by Gasteiger charge is 2.15. The monoisotopic (exact) mass is 640 g/mol. The first-order valence-electron chi connectivity index (χ1n) is 15.1. The summed E-state index contributed by atoms with van der Waals surface area (Å²) in [5.41, 5.74) is 10.3. The van der Waals surface area contributed by atoms with Gasteiger partial charge < -0.3 is 36.3 Å². The van der Waals surface area contributed by atoms with Gasteiger partial charge in [0.25, 0.3) is 5.91 Å². The summed E-state index contributed by atoms with van der Waals surface area (Å²) in [5.74, 6) is -0.196. The number of thiazole rings is 1. The molecule has 0 spiro atoms. The van der Waals surface area contributed by atoms with E-state index in [9.17, 15) is 9.59 Å².